The fraction of sp³-hybridized carbons (Fsp3) is 0.286. The molecule has 7 nitrogen and oxygen atoms in total. The smallest absolute Gasteiger partial charge is 0.326 e. The van der Waals surface area contributed by atoms with Crippen molar-refractivity contribution in [1.29, 1.82) is 0 Å². The number of aliphatic carboxylic acids is 1. The summed E-state index contributed by atoms with van der Waals surface area (Å²) in [5.74, 6) is -1.43. The van der Waals surface area contributed by atoms with E-state index in [9.17, 15) is 24.6 Å². The van der Waals surface area contributed by atoms with Gasteiger partial charge in [-0.1, -0.05) is 23.8 Å². The van der Waals surface area contributed by atoms with Crippen LogP contribution in [-0.4, -0.2) is 41.0 Å². The number of carbonyl (C=O) groups is 3. The third kappa shape index (κ3) is 5.84. The molecule has 0 heterocycles. The molecule has 0 aliphatic carbocycles. The fourth-order valence-electron chi connectivity index (χ4n) is 2.74. The Hall–Kier alpha value is -3.35. The normalized spacial score (nSPS) is 11.5. The number of Topliss-reactive ketones (excluding diaryl/α,β-unsaturated/α-hetero) is 1. The van der Waals surface area contributed by atoms with Crippen LogP contribution in [-0.2, 0) is 16.0 Å². The van der Waals surface area contributed by atoms with Crippen LogP contribution in [0.3, 0.4) is 0 Å². The van der Waals surface area contributed by atoms with Gasteiger partial charge in [0.05, 0.1) is 12.7 Å². The Bertz CT molecular complexity index is 860. The summed E-state index contributed by atoms with van der Waals surface area (Å²) in [4.78, 5) is 36.0. The summed E-state index contributed by atoms with van der Waals surface area (Å²) < 4.78 is 5.18. The molecule has 7 heteroatoms. The second kappa shape index (κ2) is 9.55. The Kier molecular flexibility index (Phi) is 7.14. The molecule has 2 rings (SSSR count). The van der Waals surface area contributed by atoms with Crippen LogP contribution in [0.4, 0.5) is 0 Å². The molecule has 3 N–H and O–H groups in total. The zero-order valence-electron chi connectivity index (χ0n) is 15.8. The molecule has 0 aromatic heterocycles. The van der Waals surface area contributed by atoms with Crippen molar-refractivity contribution in [3.05, 3.63) is 59.2 Å². The largest absolute Gasteiger partial charge is 0.508 e. The molecule has 1 atom stereocenters. The second-order valence-electron chi connectivity index (χ2n) is 6.46. The van der Waals surface area contributed by atoms with E-state index in [0.717, 1.165) is 5.56 Å². The van der Waals surface area contributed by atoms with Crippen molar-refractivity contribution in [3.63, 3.8) is 0 Å². The lowest BCUT2D eigenvalue weighted by Crippen LogP contribution is -2.42. The van der Waals surface area contributed by atoms with Gasteiger partial charge in [-0.05, 0) is 36.8 Å². The highest BCUT2D eigenvalue weighted by molar-refractivity contribution is 6.00. The second-order valence-corrected chi connectivity index (χ2v) is 6.46. The Labute approximate surface area is 163 Å². The van der Waals surface area contributed by atoms with Crippen molar-refractivity contribution in [2.45, 2.75) is 32.2 Å². The molecule has 0 radical (unpaired) electrons. The van der Waals surface area contributed by atoms with Crippen LogP contribution in [0.25, 0.3) is 0 Å². The first-order valence-electron chi connectivity index (χ1n) is 8.78. The number of carbonyl (C=O) groups excluding carboxylic acids is 2. The van der Waals surface area contributed by atoms with Crippen molar-refractivity contribution < 1.29 is 29.3 Å². The number of phenols is 1. The first kappa shape index (κ1) is 21.0. The number of rotatable bonds is 9. The van der Waals surface area contributed by atoms with Gasteiger partial charge < -0.3 is 20.3 Å². The maximum atomic E-state index is 12.4. The van der Waals surface area contributed by atoms with Crippen molar-refractivity contribution in [1.82, 2.24) is 5.32 Å². The predicted octanol–water partition coefficient (Wildman–Crippen LogP) is 2.48. The van der Waals surface area contributed by atoms with E-state index in [-0.39, 0.29) is 30.8 Å². The van der Waals surface area contributed by atoms with Gasteiger partial charge in [0.2, 0.25) is 5.91 Å². The number of nitrogens with one attached hydrogen (secondary N) is 1. The maximum absolute atomic E-state index is 12.4. The SMILES string of the molecule is COc1ccc(C)cc1C(=O)CCC(=O)NC(Cc1ccc(O)cc1)C(=O)O. The molecular formula is C21H23NO6. The number of aromatic hydroxyl groups is 1. The summed E-state index contributed by atoms with van der Waals surface area (Å²) in [5, 5.41) is 21.1. The molecule has 148 valence electrons. The topological polar surface area (TPSA) is 113 Å². The summed E-state index contributed by atoms with van der Waals surface area (Å²) in [6.07, 6.45) is -0.118. The number of ether oxygens (including phenoxy) is 1. The highest BCUT2D eigenvalue weighted by atomic mass is 16.5. The van der Waals surface area contributed by atoms with Crippen molar-refractivity contribution in [2.24, 2.45) is 0 Å². The molecule has 0 aliphatic heterocycles. The molecule has 1 unspecified atom stereocenters. The molecule has 0 spiro atoms. The van der Waals surface area contributed by atoms with E-state index < -0.39 is 17.9 Å². The van der Waals surface area contributed by atoms with Gasteiger partial charge in [-0.3, -0.25) is 9.59 Å². The average Bonchev–Trinajstić information content (AvgIpc) is 2.67. The third-order valence-electron chi connectivity index (χ3n) is 4.24. The summed E-state index contributed by atoms with van der Waals surface area (Å²) in [5.41, 5.74) is 1.95. The van der Waals surface area contributed by atoms with E-state index >= 15 is 0 Å². The van der Waals surface area contributed by atoms with Gasteiger partial charge in [-0.2, -0.15) is 0 Å². The molecule has 2 aromatic carbocycles. The summed E-state index contributed by atoms with van der Waals surface area (Å²) in [6, 6.07) is 10.2. The van der Waals surface area contributed by atoms with Crippen molar-refractivity contribution >= 4 is 17.7 Å². The standard InChI is InChI=1S/C21H23NO6/c1-13-3-9-19(28-2)16(11-13)18(24)8-10-20(25)22-17(21(26)27)12-14-4-6-15(23)7-5-14/h3-7,9,11,17,23H,8,10,12H2,1-2H3,(H,22,25)(H,26,27). The molecule has 0 saturated heterocycles. The molecule has 0 aliphatic rings. The lowest BCUT2D eigenvalue weighted by molar-refractivity contribution is -0.141. The Morgan fingerprint density at radius 3 is 2.36 bits per heavy atom. The Morgan fingerprint density at radius 2 is 1.75 bits per heavy atom. The van der Waals surface area contributed by atoms with Gasteiger partial charge in [0.1, 0.15) is 17.5 Å². The third-order valence-corrected chi connectivity index (χ3v) is 4.24. The van der Waals surface area contributed by atoms with E-state index in [2.05, 4.69) is 5.32 Å². The Balaban J connectivity index is 1.95. The van der Waals surface area contributed by atoms with Gasteiger partial charge in [-0.15, -0.1) is 0 Å². The van der Waals surface area contributed by atoms with Crippen LogP contribution in [0.5, 0.6) is 11.5 Å². The highest BCUT2D eigenvalue weighted by Gasteiger charge is 2.21. The first-order valence-corrected chi connectivity index (χ1v) is 8.78. The zero-order chi connectivity index (χ0) is 20.7. The average molecular weight is 385 g/mol. The van der Waals surface area contributed by atoms with Crippen LogP contribution in [0.1, 0.15) is 34.3 Å². The lowest BCUT2D eigenvalue weighted by atomic mass is 10.0. The van der Waals surface area contributed by atoms with Gasteiger partial charge in [0.25, 0.3) is 0 Å². The summed E-state index contributed by atoms with van der Waals surface area (Å²) >= 11 is 0. The van der Waals surface area contributed by atoms with Gasteiger partial charge in [0, 0.05) is 19.3 Å². The minimum absolute atomic E-state index is 0.0583. The van der Waals surface area contributed by atoms with Gasteiger partial charge in [-0.25, -0.2) is 4.79 Å². The van der Waals surface area contributed by atoms with E-state index in [0.29, 0.717) is 16.9 Å². The van der Waals surface area contributed by atoms with E-state index in [1.54, 1.807) is 24.3 Å². The van der Waals surface area contributed by atoms with Crippen LogP contribution < -0.4 is 10.1 Å². The minimum atomic E-state index is -1.17. The first-order chi connectivity index (χ1) is 13.3. The molecule has 1 amide bonds. The molecule has 0 bridgehead atoms. The summed E-state index contributed by atoms with van der Waals surface area (Å²) in [6.45, 7) is 1.85. The van der Waals surface area contributed by atoms with Crippen molar-refractivity contribution in [2.75, 3.05) is 7.11 Å². The Morgan fingerprint density at radius 1 is 1.07 bits per heavy atom. The molecular weight excluding hydrogens is 362 g/mol. The number of ketones is 1. The minimum Gasteiger partial charge on any atom is -0.508 e. The number of phenolic OH excluding ortho intramolecular Hbond substituents is 1. The highest BCUT2D eigenvalue weighted by Crippen LogP contribution is 2.21. The van der Waals surface area contributed by atoms with Crippen LogP contribution in [0.2, 0.25) is 0 Å². The van der Waals surface area contributed by atoms with Crippen LogP contribution in [0, 0.1) is 6.92 Å². The van der Waals surface area contributed by atoms with Gasteiger partial charge in [0.15, 0.2) is 5.78 Å². The quantitative estimate of drug-likeness (QED) is 0.572. The van der Waals surface area contributed by atoms with E-state index in [4.69, 9.17) is 4.74 Å². The number of benzene rings is 2. The van der Waals surface area contributed by atoms with Gasteiger partial charge >= 0.3 is 5.97 Å². The van der Waals surface area contributed by atoms with Crippen molar-refractivity contribution in [3.8, 4) is 11.5 Å². The number of carboxylic acids is 1. The number of carboxylic acid groups (broad SMARTS) is 1. The van der Waals surface area contributed by atoms with E-state index in [1.807, 2.05) is 13.0 Å². The zero-order valence-corrected chi connectivity index (χ0v) is 15.8. The molecule has 0 saturated carbocycles. The van der Waals surface area contributed by atoms with Crippen LogP contribution >= 0.6 is 0 Å². The summed E-state index contributed by atoms with van der Waals surface area (Å²) in [7, 11) is 1.47. The molecule has 0 fully saturated rings. The number of amides is 1. The maximum Gasteiger partial charge on any atom is 0.326 e. The van der Waals surface area contributed by atoms with Crippen LogP contribution in [0.15, 0.2) is 42.5 Å². The molecule has 28 heavy (non-hydrogen) atoms. The number of hydrogen-bond acceptors (Lipinski definition) is 5. The number of hydrogen-bond donors (Lipinski definition) is 3. The lowest BCUT2D eigenvalue weighted by Gasteiger charge is -2.15. The van der Waals surface area contributed by atoms with E-state index in [1.165, 1.54) is 19.2 Å². The predicted molar refractivity (Wildman–Crippen MR) is 103 cm³/mol. The monoisotopic (exact) mass is 385 g/mol. The number of aryl methyl sites for hydroxylation is 1. The fourth-order valence-corrected chi connectivity index (χ4v) is 2.74. The molecule has 2 aromatic rings. The number of methoxy groups -OCH3 is 1.